The molecule has 5 aliphatic rings. The van der Waals surface area contributed by atoms with Gasteiger partial charge in [-0.2, -0.15) is 0 Å². The van der Waals surface area contributed by atoms with Crippen LogP contribution >= 0.6 is 0 Å². The zero-order valence-electron chi connectivity index (χ0n) is 15.9. The smallest absolute Gasteiger partial charge is 0.311 e. The fourth-order valence-electron chi connectivity index (χ4n) is 6.57. The Bertz CT molecular complexity index is 575. The predicted molar refractivity (Wildman–Crippen MR) is 94.1 cm³/mol. The molecule has 0 aromatic heterocycles. The maximum absolute atomic E-state index is 13.0. The van der Waals surface area contributed by atoms with Gasteiger partial charge in [0.1, 0.15) is 11.7 Å². The first kappa shape index (κ1) is 16.5. The number of hydrogen-bond acceptors (Lipinski definition) is 5. The van der Waals surface area contributed by atoms with Crippen LogP contribution in [0.5, 0.6) is 0 Å². The summed E-state index contributed by atoms with van der Waals surface area (Å²) in [7, 11) is 2.18. The molecule has 2 saturated carbocycles. The highest BCUT2D eigenvalue weighted by Gasteiger charge is 2.77. The Morgan fingerprint density at radius 3 is 2.64 bits per heavy atom. The molecule has 0 radical (unpaired) electrons. The minimum absolute atomic E-state index is 0.0329. The second-order valence-corrected chi connectivity index (χ2v) is 9.60. The highest BCUT2D eigenvalue weighted by Crippen LogP contribution is 2.66. The zero-order valence-corrected chi connectivity index (χ0v) is 15.9. The van der Waals surface area contributed by atoms with Crippen LogP contribution in [0.3, 0.4) is 0 Å². The molecular weight excluding hydrogens is 316 g/mol. The van der Waals surface area contributed by atoms with Gasteiger partial charge in [0.2, 0.25) is 0 Å². The normalized spacial score (nSPS) is 52.9. The molecule has 0 N–H and O–H groups in total. The van der Waals surface area contributed by atoms with Crippen LogP contribution in [0.15, 0.2) is 0 Å². The van der Waals surface area contributed by atoms with Crippen molar-refractivity contribution >= 4 is 5.97 Å². The van der Waals surface area contributed by atoms with E-state index in [0.717, 1.165) is 52.0 Å². The lowest BCUT2D eigenvalue weighted by Gasteiger charge is -2.50. The van der Waals surface area contributed by atoms with Gasteiger partial charge in [0, 0.05) is 44.6 Å². The molecule has 0 aromatic carbocycles. The maximum atomic E-state index is 13.0. The third-order valence-corrected chi connectivity index (χ3v) is 8.14. The Kier molecular flexibility index (Phi) is 3.59. The number of esters is 1. The molecule has 0 amide bonds. The number of fused-ring (bicyclic) bond motifs is 1. The predicted octanol–water partition coefficient (Wildman–Crippen LogP) is 1.76. The monoisotopic (exact) mass is 348 g/mol. The van der Waals surface area contributed by atoms with E-state index in [1.807, 2.05) is 0 Å². The van der Waals surface area contributed by atoms with Gasteiger partial charge in [-0.15, -0.1) is 0 Å². The van der Waals surface area contributed by atoms with Crippen LogP contribution in [0.25, 0.3) is 0 Å². The summed E-state index contributed by atoms with van der Waals surface area (Å²) < 4.78 is 12.5. The van der Waals surface area contributed by atoms with Crippen molar-refractivity contribution in [2.24, 2.45) is 23.7 Å². The average Bonchev–Trinajstić information content (AvgIpc) is 3.20. The molecule has 0 aromatic rings. The molecule has 25 heavy (non-hydrogen) atoms. The quantitative estimate of drug-likeness (QED) is 0.562. The highest BCUT2D eigenvalue weighted by molar-refractivity contribution is 5.77. The fourth-order valence-corrected chi connectivity index (χ4v) is 6.57. The first-order valence-electron chi connectivity index (χ1n) is 10.3. The van der Waals surface area contributed by atoms with E-state index in [0.29, 0.717) is 17.8 Å². The zero-order chi connectivity index (χ0) is 17.4. The van der Waals surface area contributed by atoms with Crippen molar-refractivity contribution in [2.75, 3.05) is 39.8 Å². The van der Waals surface area contributed by atoms with Crippen molar-refractivity contribution in [3.8, 4) is 0 Å². The molecule has 3 saturated heterocycles. The fraction of sp³-hybridized carbons (Fsp3) is 0.950. The third kappa shape index (κ3) is 2.28. The molecule has 7 unspecified atom stereocenters. The van der Waals surface area contributed by atoms with Gasteiger partial charge in [-0.05, 0) is 45.6 Å². The van der Waals surface area contributed by atoms with E-state index in [4.69, 9.17) is 9.47 Å². The number of nitrogens with zero attached hydrogens (tertiary/aromatic N) is 2. The molecule has 5 fully saturated rings. The van der Waals surface area contributed by atoms with Crippen molar-refractivity contribution in [3.05, 3.63) is 0 Å². The molecule has 140 valence electrons. The lowest BCUT2D eigenvalue weighted by molar-refractivity contribution is -0.168. The Morgan fingerprint density at radius 1 is 1.12 bits per heavy atom. The van der Waals surface area contributed by atoms with Gasteiger partial charge in [-0.25, -0.2) is 0 Å². The molecule has 3 aliphatic heterocycles. The molecular formula is C20H32N2O3. The van der Waals surface area contributed by atoms with Crippen LogP contribution in [-0.2, 0) is 14.3 Å². The number of rotatable bonds is 2. The summed E-state index contributed by atoms with van der Waals surface area (Å²) in [6, 6.07) is 0. The van der Waals surface area contributed by atoms with E-state index in [1.165, 1.54) is 6.42 Å². The van der Waals surface area contributed by atoms with E-state index in [1.54, 1.807) is 0 Å². The van der Waals surface area contributed by atoms with Crippen LogP contribution in [0, 0.1) is 23.7 Å². The number of likely N-dealkylation sites (N-methyl/N-ethyl adjacent to an activating group) is 1. The molecule has 5 heteroatoms. The van der Waals surface area contributed by atoms with Crippen LogP contribution in [-0.4, -0.2) is 72.8 Å². The molecule has 1 spiro atoms. The van der Waals surface area contributed by atoms with E-state index >= 15 is 0 Å². The van der Waals surface area contributed by atoms with Crippen LogP contribution in [0.1, 0.15) is 39.5 Å². The lowest BCUT2D eigenvalue weighted by atomic mass is 9.55. The number of carbonyl (C=O) groups is 1. The Balaban J connectivity index is 1.41. The summed E-state index contributed by atoms with van der Waals surface area (Å²) in [6.07, 6.45) is 4.78. The Labute approximate surface area is 151 Å². The summed E-state index contributed by atoms with van der Waals surface area (Å²) in [6.45, 7) is 9.79. The second kappa shape index (κ2) is 5.43. The average molecular weight is 348 g/mol. The summed E-state index contributed by atoms with van der Waals surface area (Å²) in [5.74, 6) is 1.59. The maximum Gasteiger partial charge on any atom is 0.311 e. The van der Waals surface area contributed by atoms with Gasteiger partial charge in [-0.3, -0.25) is 9.69 Å². The summed E-state index contributed by atoms with van der Waals surface area (Å²) in [5.41, 5.74) is -0.353. The molecule has 7 atom stereocenters. The number of carbonyl (C=O) groups excluding carboxylic acids is 1. The number of ether oxygens (including phenoxy) is 2. The number of epoxide rings is 1. The van der Waals surface area contributed by atoms with Gasteiger partial charge < -0.3 is 14.4 Å². The van der Waals surface area contributed by atoms with Crippen LogP contribution in [0.4, 0.5) is 0 Å². The van der Waals surface area contributed by atoms with Gasteiger partial charge in [0.15, 0.2) is 0 Å². The SMILES string of the molecule is CC1CCC2C(CN3CCN(C)CC3)C(=O)OC23C1CCC1(C)OC13. The standard InChI is InChI=1S/C20H32N2O3/c1-13-4-5-16-14(12-22-10-8-21(3)9-11-22)17(23)24-20(16)15(13)6-7-19(2)18(20)25-19/h13-16,18H,4-12H2,1-3H3. The summed E-state index contributed by atoms with van der Waals surface area (Å²) in [4.78, 5) is 17.8. The van der Waals surface area contributed by atoms with E-state index in [2.05, 4.69) is 30.7 Å². The van der Waals surface area contributed by atoms with E-state index in [9.17, 15) is 4.79 Å². The molecule has 5 rings (SSSR count). The highest BCUT2D eigenvalue weighted by atomic mass is 16.7. The Hall–Kier alpha value is -0.650. The van der Waals surface area contributed by atoms with Crippen molar-refractivity contribution in [1.29, 1.82) is 0 Å². The van der Waals surface area contributed by atoms with E-state index < -0.39 is 0 Å². The van der Waals surface area contributed by atoms with Crippen molar-refractivity contribution in [2.45, 2.75) is 56.8 Å². The van der Waals surface area contributed by atoms with Gasteiger partial charge in [0.05, 0.1) is 11.5 Å². The largest absolute Gasteiger partial charge is 0.455 e. The molecule has 5 nitrogen and oxygen atoms in total. The third-order valence-electron chi connectivity index (χ3n) is 8.14. The number of hydrogen-bond donors (Lipinski definition) is 0. The Morgan fingerprint density at radius 2 is 1.88 bits per heavy atom. The molecule has 0 bridgehead atoms. The molecule has 2 aliphatic carbocycles. The number of piperazine rings is 1. The topological polar surface area (TPSA) is 45.3 Å². The van der Waals surface area contributed by atoms with Crippen LogP contribution in [0.2, 0.25) is 0 Å². The van der Waals surface area contributed by atoms with Gasteiger partial charge in [0.25, 0.3) is 0 Å². The van der Waals surface area contributed by atoms with Gasteiger partial charge in [-0.1, -0.05) is 6.92 Å². The first-order valence-corrected chi connectivity index (χ1v) is 10.3. The molecule has 3 heterocycles. The van der Waals surface area contributed by atoms with Crippen LogP contribution < -0.4 is 0 Å². The first-order chi connectivity index (χ1) is 11.9. The van der Waals surface area contributed by atoms with Crippen molar-refractivity contribution < 1.29 is 14.3 Å². The summed E-state index contributed by atoms with van der Waals surface area (Å²) in [5, 5.41) is 0. The van der Waals surface area contributed by atoms with Crippen molar-refractivity contribution in [3.63, 3.8) is 0 Å². The van der Waals surface area contributed by atoms with Gasteiger partial charge >= 0.3 is 5.97 Å². The van der Waals surface area contributed by atoms with Crippen molar-refractivity contribution in [1.82, 2.24) is 9.80 Å². The lowest BCUT2D eigenvalue weighted by Crippen LogP contribution is -2.58. The van der Waals surface area contributed by atoms with E-state index in [-0.39, 0.29) is 29.2 Å². The second-order valence-electron chi connectivity index (χ2n) is 9.60. The summed E-state index contributed by atoms with van der Waals surface area (Å²) >= 11 is 0. The minimum atomic E-state index is -0.320. The minimum Gasteiger partial charge on any atom is -0.455 e.